The van der Waals surface area contributed by atoms with E-state index in [1.54, 1.807) is 23.4 Å². The van der Waals surface area contributed by atoms with E-state index in [4.69, 9.17) is 0 Å². The maximum atomic E-state index is 11.0. The molecule has 0 heterocycles. The smallest absolute Gasteiger partial charge is 0.0436 e. The second kappa shape index (κ2) is 5.25. The second-order valence-corrected chi connectivity index (χ2v) is 4.63. The van der Waals surface area contributed by atoms with Crippen LogP contribution in [0.15, 0.2) is 35.7 Å². The Morgan fingerprint density at radius 2 is 2.00 bits per heavy atom. The molecule has 3 heteroatoms. The van der Waals surface area contributed by atoms with Gasteiger partial charge in [0.15, 0.2) is 0 Å². The van der Waals surface area contributed by atoms with Crippen molar-refractivity contribution in [2.45, 2.75) is 0 Å². The van der Waals surface area contributed by atoms with E-state index in [2.05, 4.69) is 0 Å². The van der Waals surface area contributed by atoms with E-state index in [-0.39, 0.29) is 0 Å². The lowest BCUT2D eigenvalue weighted by molar-refractivity contribution is 0.692. The van der Waals surface area contributed by atoms with Gasteiger partial charge in [0.2, 0.25) is 0 Å². The van der Waals surface area contributed by atoms with Crippen molar-refractivity contribution in [1.82, 2.24) is 0 Å². The summed E-state index contributed by atoms with van der Waals surface area (Å²) in [5.41, 5.74) is 1.13. The molecule has 0 saturated heterocycles. The van der Waals surface area contributed by atoms with Gasteiger partial charge in [-0.3, -0.25) is 4.21 Å². The molecule has 0 unspecified atom stereocenters. The molecule has 1 rings (SSSR count). The molecule has 0 radical (unpaired) electrons. The molecule has 1 aromatic carbocycles. The van der Waals surface area contributed by atoms with E-state index in [0.717, 1.165) is 10.5 Å². The minimum absolute atomic E-state index is 0.879. The standard InChI is InChI=1S/C10H12OS2/c1-12-10(8-13(2)11)9-6-4-3-5-7-9/h3-8H,1-2H3/b10-8-/t13-/m0/s1. The minimum Gasteiger partial charge on any atom is -0.255 e. The summed E-state index contributed by atoms with van der Waals surface area (Å²) in [5, 5.41) is 1.78. The Hall–Kier alpha value is -0.540. The zero-order valence-electron chi connectivity index (χ0n) is 7.69. The normalized spacial score (nSPS) is 14.2. The molecule has 0 spiro atoms. The summed E-state index contributed by atoms with van der Waals surface area (Å²) in [6, 6.07) is 9.99. The average molecular weight is 212 g/mol. The number of thioether (sulfide) groups is 1. The lowest BCUT2D eigenvalue weighted by Gasteiger charge is -2.02. The van der Waals surface area contributed by atoms with Crippen LogP contribution in [0.5, 0.6) is 0 Å². The Morgan fingerprint density at radius 3 is 2.46 bits per heavy atom. The molecule has 0 saturated carbocycles. The van der Waals surface area contributed by atoms with E-state index in [1.807, 2.05) is 36.6 Å². The van der Waals surface area contributed by atoms with Gasteiger partial charge in [0.1, 0.15) is 0 Å². The average Bonchev–Trinajstić information content (AvgIpc) is 2.15. The van der Waals surface area contributed by atoms with E-state index >= 15 is 0 Å². The zero-order chi connectivity index (χ0) is 9.68. The third-order valence-corrected chi connectivity index (χ3v) is 3.06. The molecule has 0 aliphatic heterocycles. The van der Waals surface area contributed by atoms with Gasteiger partial charge in [0, 0.05) is 27.4 Å². The lowest BCUT2D eigenvalue weighted by atomic mass is 10.2. The molecule has 1 atom stereocenters. The van der Waals surface area contributed by atoms with Crippen LogP contribution in [-0.2, 0) is 10.8 Å². The maximum absolute atomic E-state index is 11.0. The summed E-state index contributed by atoms with van der Waals surface area (Å²) < 4.78 is 11.0. The van der Waals surface area contributed by atoms with Gasteiger partial charge in [-0.15, -0.1) is 11.8 Å². The molecular weight excluding hydrogens is 200 g/mol. The van der Waals surface area contributed by atoms with Crippen LogP contribution >= 0.6 is 11.8 Å². The first kappa shape index (κ1) is 10.5. The summed E-state index contributed by atoms with van der Waals surface area (Å²) in [5.74, 6) is 0. The SMILES string of the molecule is CS/C(=C\[S@](C)=O)c1ccccc1. The highest BCUT2D eigenvalue weighted by molar-refractivity contribution is 8.08. The van der Waals surface area contributed by atoms with Gasteiger partial charge in [-0.25, -0.2) is 0 Å². The Labute approximate surface area is 85.7 Å². The first-order valence-electron chi connectivity index (χ1n) is 3.87. The molecular formula is C10H12OS2. The van der Waals surface area contributed by atoms with Crippen LogP contribution in [0.25, 0.3) is 4.91 Å². The molecule has 1 aromatic rings. The first-order valence-corrected chi connectivity index (χ1v) is 6.72. The van der Waals surface area contributed by atoms with Crippen LogP contribution in [-0.4, -0.2) is 16.7 Å². The van der Waals surface area contributed by atoms with Crippen molar-refractivity contribution in [3.8, 4) is 0 Å². The molecule has 0 aromatic heterocycles. The molecule has 0 aliphatic rings. The number of rotatable bonds is 3. The molecule has 0 bridgehead atoms. The molecule has 70 valence electrons. The van der Waals surface area contributed by atoms with Gasteiger partial charge in [-0.1, -0.05) is 30.3 Å². The van der Waals surface area contributed by atoms with Crippen LogP contribution in [0.4, 0.5) is 0 Å². The summed E-state index contributed by atoms with van der Waals surface area (Å²) in [6.45, 7) is 0. The lowest BCUT2D eigenvalue weighted by Crippen LogP contribution is -1.82. The van der Waals surface area contributed by atoms with E-state index in [9.17, 15) is 4.21 Å². The van der Waals surface area contributed by atoms with Crippen molar-refractivity contribution < 1.29 is 4.21 Å². The molecule has 0 aliphatic carbocycles. The summed E-state index contributed by atoms with van der Waals surface area (Å²) in [7, 11) is -0.879. The molecule has 13 heavy (non-hydrogen) atoms. The number of benzene rings is 1. The van der Waals surface area contributed by atoms with Crippen molar-refractivity contribution >= 4 is 27.5 Å². The fourth-order valence-corrected chi connectivity index (χ4v) is 2.59. The number of hydrogen-bond donors (Lipinski definition) is 0. The quantitative estimate of drug-likeness (QED) is 0.766. The van der Waals surface area contributed by atoms with Crippen molar-refractivity contribution in [3.05, 3.63) is 41.3 Å². The first-order chi connectivity index (χ1) is 6.24. The van der Waals surface area contributed by atoms with Gasteiger partial charge in [-0.2, -0.15) is 0 Å². The maximum Gasteiger partial charge on any atom is 0.0436 e. The topological polar surface area (TPSA) is 17.1 Å². The Morgan fingerprint density at radius 1 is 1.38 bits per heavy atom. The minimum atomic E-state index is -0.879. The molecule has 1 nitrogen and oxygen atoms in total. The third-order valence-electron chi connectivity index (χ3n) is 1.55. The van der Waals surface area contributed by atoms with E-state index < -0.39 is 10.8 Å². The van der Waals surface area contributed by atoms with Gasteiger partial charge >= 0.3 is 0 Å². The van der Waals surface area contributed by atoms with Crippen LogP contribution in [0.3, 0.4) is 0 Å². The Kier molecular flexibility index (Phi) is 4.25. The highest BCUT2D eigenvalue weighted by Crippen LogP contribution is 2.24. The van der Waals surface area contributed by atoms with E-state index in [1.165, 1.54) is 0 Å². The summed E-state index contributed by atoms with van der Waals surface area (Å²) in [4.78, 5) is 1.07. The van der Waals surface area contributed by atoms with Gasteiger partial charge in [0.05, 0.1) is 0 Å². The fourth-order valence-electron chi connectivity index (χ4n) is 0.987. The van der Waals surface area contributed by atoms with Crippen molar-refractivity contribution in [1.29, 1.82) is 0 Å². The van der Waals surface area contributed by atoms with Crippen molar-refractivity contribution in [2.24, 2.45) is 0 Å². The van der Waals surface area contributed by atoms with Crippen LogP contribution in [0, 0.1) is 0 Å². The van der Waals surface area contributed by atoms with Crippen LogP contribution in [0.2, 0.25) is 0 Å². The molecule has 0 amide bonds. The van der Waals surface area contributed by atoms with Crippen LogP contribution < -0.4 is 0 Å². The molecule has 0 N–H and O–H groups in total. The predicted molar refractivity (Wildman–Crippen MR) is 62.0 cm³/mol. The summed E-state index contributed by atoms with van der Waals surface area (Å²) in [6.07, 6.45) is 3.67. The van der Waals surface area contributed by atoms with Crippen molar-refractivity contribution in [2.75, 3.05) is 12.5 Å². The van der Waals surface area contributed by atoms with Gasteiger partial charge < -0.3 is 0 Å². The third kappa shape index (κ3) is 3.36. The number of hydrogen-bond acceptors (Lipinski definition) is 2. The highest BCUT2D eigenvalue weighted by Gasteiger charge is 1.98. The van der Waals surface area contributed by atoms with Crippen molar-refractivity contribution in [3.63, 3.8) is 0 Å². The Balaban J connectivity index is 2.98. The van der Waals surface area contributed by atoms with E-state index in [0.29, 0.717) is 0 Å². The zero-order valence-corrected chi connectivity index (χ0v) is 9.32. The summed E-state index contributed by atoms with van der Waals surface area (Å²) >= 11 is 1.62. The predicted octanol–water partition coefficient (Wildman–Crippen LogP) is 2.73. The fraction of sp³-hybridized carbons (Fsp3) is 0.200. The Bertz CT molecular complexity index is 317. The highest BCUT2D eigenvalue weighted by atomic mass is 32.2. The van der Waals surface area contributed by atoms with Gasteiger partial charge in [0.25, 0.3) is 0 Å². The largest absolute Gasteiger partial charge is 0.255 e. The second-order valence-electron chi connectivity index (χ2n) is 2.55. The monoisotopic (exact) mass is 212 g/mol. The molecule has 0 fully saturated rings. The van der Waals surface area contributed by atoms with Gasteiger partial charge in [-0.05, 0) is 11.8 Å². The van der Waals surface area contributed by atoms with Crippen LogP contribution in [0.1, 0.15) is 5.56 Å².